The van der Waals surface area contributed by atoms with E-state index in [-0.39, 0.29) is 50.5 Å². The van der Waals surface area contributed by atoms with E-state index in [0.717, 1.165) is 19.3 Å². The van der Waals surface area contributed by atoms with Crippen molar-refractivity contribution in [2.45, 2.75) is 83.6 Å². The molecule has 0 unspecified atom stereocenters. The van der Waals surface area contributed by atoms with Gasteiger partial charge in [0.1, 0.15) is 5.54 Å². The Morgan fingerprint density at radius 1 is 0.556 bits per heavy atom. The van der Waals surface area contributed by atoms with Crippen molar-refractivity contribution in [3.63, 3.8) is 0 Å². The lowest BCUT2D eigenvalue weighted by Gasteiger charge is -2.34. The van der Waals surface area contributed by atoms with Crippen molar-refractivity contribution in [2.75, 3.05) is 106 Å². The Bertz CT molecular complexity index is 624. The normalized spacial score (nSPS) is 11.8. The van der Waals surface area contributed by atoms with Crippen molar-refractivity contribution in [2.24, 2.45) is 23.1 Å². The van der Waals surface area contributed by atoms with Crippen molar-refractivity contribution < 1.29 is 42.7 Å². The topological polar surface area (TPSA) is 189 Å². The first-order chi connectivity index (χ1) is 21.9. The average molecular weight is 651 g/mol. The summed E-state index contributed by atoms with van der Waals surface area (Å²) >= 11 is 0. The first-order valence-corrected chi connectivity index (χ1v) is 16.9. The van der Waals surface area contributed by atoms with Gasteiger partial charge >= 0.3 is 5.97 Å². The summed E-state index contributed by atoms with van der Waals surface area (Å²) in [5.74, 6) is -0.100. The fraction of sp³-hybridized carbons (Fsp3) is 0.938. The standard InChI is InChI=1S/C32H66N4O9/c1-29(2)25-45-31(38)12-4-3-11-30(37)36-32(26-42-22-8-19-39-16-5-13-33,27-43-23-9-20-40-17-6-14-34)28-44-24-10-21-41-18-7-15-35/h29H,3-28,33-35H2,1-2H3,(H,36,37). The summed E-state index contributed by atoms with van der Waals surface area (Å²) in [5.41, 5.74) is 15.7. The monoisotopic (exact) mass is 650 g/mol. The molecule has 0 spiro atoms. The van der Waals surface area contributed by atoms with Gasteiger partial charge in [0.25, 0.3) is 0 Å². The number of hydrogen-bond acceptors (Lipinski definition) is 12. The summed E-state index contributed by atoms with van der Waals surface area (Å²) in [6, 6.07) is 0. The van der Waals surface area contributed by atoms with Crippen LogP contribution in [0.5, 0.6) is 0 Å². The molecule has 0 radical (unpaired) electrons. The summed E-state index contributed by atoms with van der Waals surface area (Å²) in [5, 5.41) is 3.15. The molecule has 0 aromatic rings. The highest BCUT2D eigenvalue weighted by Crippen LogP contribution is 2.12. The van der Waals surface area contributed by atoms with Gasteiger partial charge < -0.3 is 55.7 Å². The Morgan fingerprint density at radius 2 is 0.933 bits per heavy atom. The molecule has 0 rings (SSSR count). The molecule has 1 amide bonds. The Balaban J connectivity index is 5.11. The highest BCUT2D eigenvalue weighted by molar-refractivity contribution is 5.77. The van der Waals surface area contributed by atoms with Crippen molar-refractivity contribution in [1.29, 1.82) is 0 Å². The van der Waals surface area contributed by atoms with E-state index in [1.807, 2.05) is 13.8 Å². The summed E-state index contributed by atoms with van der Waals surface area (Å²) < 4.78 is 40.1. The van der Waals surface area contributed by atoms with Crippen molar-refractivity contribution in [1.82, 2.24) is 5.32 Å². The molecule has 13 nitrogen and oxygen atoms in total. The third-order valence-electron chi connectivity index (χ3n) is 6.36. The summed E-state index contributed by atoms with van der Waals surface area (Å²) in [7, 11) is 0. The molecule has 0 aliphatic carbocycles. The van der Waals surface area contributed by atoms with Crippen molar-refractivity contribution >= 4 is 11.9 Å². The third kappa shape index (κ3) is 29.7. The molecule has 0 aromatic heterocycles. The highest BCUT2D eigenvalue weighted by atomic mass is 16.5. The van der Waals surface area contributed by atoms with E-state index in [0.29, 0.717) is 118 Å². The van der Waals surface area contributed by atoms with Gasteiger partial charge in [-0.1, -0.05) is 13.8 Å². The van der Waals surface area contributed by atoms with E-state index in [1.165, 1.54) is 0 Å². The van der Waals surface area contributed by atoms with Crippen LogP contribution in [0.1, 0.15) is 78.1 Å². The molecule has 0 aliphatic heterocycles. The minimum Gasteiger partial charge on any atom is -0.465 e. The molecule has 45 heavy (non-hydrogen) atoms. The summed E-state index contributed by atoms with van der Waals surface area (Å²) in [4.78, 5) is 25.1. The van der Waals surface area contributed by atoms with E-state index < -0.39 is 5.54 Å². The number of esters is 1. The number of carbonyl (C=O) groups is 2. The first-order valence-electron chi connectivity index (χ1n) is 16.9. The zero-order valence-electron chi connectivity index (χ0n) is 28.4. The molecule has 0 saturated carbocycles. The summed E-state index contributed by atoms with van der Waals surface area (Å²) in [6.45, 7) is 11.8. The maximum atomic E-state index is 13.1. The van der Waals surface area contributed by atoms with E-state index in [2.05, 4.69) is 5.32 Å². The van der Waals surface area contributed by atoms with Crippen LogP contribution in [0.25, 0.3) is 0 Å². The van der Waals surface area contributed by atoms with Gasteiger partial charge in [-0.2, -0.15) is 0 Å². The number of hydrogen-bond donors (Lipinski definition) is 4. The van der Waals surface area contributed by atoms with E-state index in [9.17, 15) is 9.59 Å². The molecule has 0 bridgehead atoms. The third-order valence-corrected chi connectivity index (χ3v) is 6.36. The number of nitrogens with one attached hydrogen (secondary N) is 1. The predicted molar refractivity (Wildman–Crippen MR) is 175 cm³/mol. The number of unbranched alkanes of at least 4 members (excludes halogenated alkanes) is 1. The van der Waals surface area contributed by atoms with Crippen LogP contribution in [0.15, 0.2) is 0 Å². The Morgan fingerprint density at radius 3 is 1.33 bits per heavy atom. The van der Waals surface area contributed by atoms with Gasteiger partial charge in [0.05, 0.1) is 26.4 Å². The van der Waals surface area contributed by atoms with Crippen LogP contribution in [0, 0.1) is 5.92 Å². The van der Waals surface area contributed by atoms with Crippen LogP contribution in [-0.4, -0.2) is 123 Å². The van der Waals surface area contributed by atoms with Crippen LogP contribution in [0.4, 0.5) is 0 Å². The lowest BCUT2D eigenvalue weighted by molar-refractivity contribution is -0.145. The largest absolute Gasteiger partial charge is 0.465 e. The second-order valence-electron chi connectivity index (χ2n) is 11.6. The quantitative estimate of drug-likeness (QED) is 0.0577. The smallest absolute Gasteiger partial charge is 0.305 e. The van der Waals surface area contributed by atoms with Crippen LogP contribution < -0.4 is 22.5 Å². The van der Waals surface area contributed by atoms with Gasteiger partial charge in [0, 0.05) is 72.3 Å². The zero-order chi connectivity index (χ0) is 33.3. The summed E-state index contributed by atoms with van der Waals surface area (Å²) in [6.07, 6.45) is 6.27. The van der Waals surface area contributed by atoms with Gasteiger partial charge in [0.15, 0.2) is 0 Å². The Hall–Kier alpha value is -1.42. The van der Waals surface area contributed by atoms with E-state index in [1.54, 1.807) is 0 Å². The fourth-order valence-electron chi connectivity index (χ4n) is 3.93. The molecular formula is C32H66N4O9. The minimum atomic E-state index is -0.894. The maximum absolute atomic E-state index is 13.1. The molecule has 0 heterocycles. The van der Waals surface area contributed by atoms with Crippen LogP contribution in [0.2, 0.25) is 0 Å². The van der Waals surface area contributed by atoms with E-state index in [4.69, 9.17) is 50.4 Å². The second kappa shape index (κ2) is 32.5. The first kappa shape index (κ1) is 43.6. The lowest BCUT2D eigenvalue weighted by atomic mass is 10.0. The molecule has 0 aliphatic rings. The Labute approximate surface area is 272 Å². The predicted octanol–water partition coefficient (Wildman–Crippen LogP) is 1.92. The fourth-order valence-corrected chi connectivity index (χ4v) is 3.93. The maximum Gasteiger partial charge on any atom is 0.305 e. The number of ether oxygens (including phenoxy) is 7. The zero-order valence-corrected chi connectivity index (χ0v) is 28.4. The van der Waals surface area contributed by atoms with Gasteiger partial charge in [-0.3, -0.25) is 9.59 Å². The van der Waals surface area contributed by atoms with Crippen LogP contribution in [0.3, 0.4) is 0 Å². The van der Waals surface area contributed by atoms with Gasteiger partial charge in [-0.05, 0) is 76.9 Å². The van der Waals surface area contributed by atoms with Crippen LogP contribution >= 0.6 is 0 Å². The van der Waals surface area contributed by atoms with Gasteiger partial charge in [-0.25, -0.2) is 0 Å². The number of nitrogens with two attached hydrogens (primary N) is 3. The molecule has 0 aromatic carbocycles. The molecular weight excluding hydrogens is 584 g/mol. The van der Waals surface area contributed by atoms with Gasteiger partial charge in [0.2, 0.25) is 5.91 Å². The molecule has 0 atom stereocenters. The van der Waals surface area contributed by atoms with Crippen molar-refractivity contribution in [3.05, 3.63) is 0 Å². The highest BCUT2D eigenvalue weighted by Gasteiger charge is 2.33. The Kier molecular flexibility index (Phi) is 31.5. The minimum absolute atomic E-state index is 0.151. The average Bonchev–Trinajstić information content (AvgIpc) is 3.02. The molecule has 0 saturated heterocycles. The lowest BCUT2D eigenvalue weighted by Crippen LogP contribution is -2.58. The molecule has 7 N–H and O–H groups in total. The molecule has 268 valence electrons. The number of rotatable bonds is 35. The van der Waals surface area contributed by atoms with E-state index >= 15 is 0 Å². The van der Waals surface area contributed by atoms with Gasteiger partial charge in [-0.15, -0.1) is 0 Å². The number of carbonyl (C=O) groups excluding carboxylic acids is 2. The SMILES string of the molecule is CC(C)COC(=O)CCCCC(=O)NC(COCCCOCCCN)(COCCCOCCCN)COCCCOCCCN. The second-order valence-corrected chi connectivity index (χ2v) is 11.6. The van der Waals surface area contributed by atoms with Crippen LogP contribution in [-0.2, 0) is 42.7 Å². The molecule has 0 fully saturated rings. The number of amides is 1. The van der Waals surface area contributed by atoms with Crippen molar-refractivity contribution in [3.8, 4) is 0 Å². The molecule has 13 heteroatoms.